The van der Waals surface area contributed by atoms with Crippen molar-refractivity contribution in [1.82, 2.24) is 0 Å². The van der Waals surface area contributed by atoms with Crippen LogP contribution in [0, 0.1) is 5.82 Å². The predicted octanol–water partition coefficient (Wildman–Crippen LogP) is 4.54. The highest BCUT2D eigenvalue weighted by atomic mass is 32.2. The van der Waals surface area contributed by atoms with Crippen LogP contribution in [0.25, 0.3) is 11.1 Å². The number of benzene rings is 3. The van der Waals surface area contributed by atoms with Crippen molar-refractivity contribution in [2.75, 3.05) is 5.75 Å². The van der Waals surface area contributed by atoms with E-state index in [-0.39, 0.29) is 22.9 Å². The molecule has 0 saturated carbocycles. The van der Waals surface area contributed by atoms with E-state index in [0.717, 1.165) is 23.3 Å². The highest BCUT2D eigenvalue weighted by Gasteiger charge is 2.17. The summed E-state index contributed by atoms with van der Waals surface area (Å²) in [4.78, 5) is 12.3. The molecule has 26 heavy (non-hydrogen) atoms. The summed E-state index contributed by atoms with van der Waals surface area (Å²) in [6.07, 6.45) is -0.121. The Morgan fingerprint density at radius 3 is 1.96 bits per heavy atom. The normalized spacial score (nSPS) is 11.3. The van der Waals surface area contributed by atoms with Crippen molar-refractivity contribution in [1.29, 1.82) is 0 Å². The Labute approximate surface area is 152 Å². The fraction of sp³-hybridized carbons (Fsp3) is 0.0952. The second-order valence-electron chi connectivity index (χ2n) is 5.89. The van der Waals surface area contributed by atoms with Gasteiger partial charge in [-0.05, 0) is 35.4 Å². The van der Waals surface area contributed by atoms with Gasteiger partial charge in [0.15, 0.2) is 15.6 Å². The molecule has 0 fully saturated rings. The van der Waals surface area contributed by atoms with Gasteiger partial charge in [0.25, 0.3) is 0 Å². The topological polar surface area (TPSA) is 51.2 Å². The second kappa shape index (κ2) is 7.62. The van der Waals surface area contributed by atoms with Crippen LogP contribution >= 0.6 is 0 Å². The molecule has 0 aliphatic carbocycles. The molecule has 132 valence electrons. The minimum absolute atomic E-state index is 0.0196. The second-order valence-corrected chi connectivity index (χ2v) is 8.00. The van der Waals surface area contributed by atoms with Crippen LogP contribution in [-0.4, -0.2) is 20.0 Å². The number of ketones is 1. The first kappa shape index (κ1) is 18.0. The Morgan fingerprint density at radius 1 is 0.769 bits per heavy atom. The van der Waals surface area contributed by atoms with Crippen LogP contribution in [0.2, 0.25) is 0 Å². The van der Waals surface area contributed by atoms with E-state index in [1.165, 1.54) is 12.1 Å². The van der Waals surface area contributed by atoms with Gasteiger partial charge in [0.2, 0.25) is 0 Å². The molecule has 3 nitrogen and oxygen atoms in total. The van der Waals surface area contributed by atoms with E-state index in [0.29, 0.717) is 5.56 Å². The molecule has 0 unspecified atom stereocenters. The smallest absolute Gasteiger partial charge is 0.178 e. The molecule has 0 saturated heterocycles. The third-order valence-electron chi connectivity index (χ3n) is 4.08. The number of carbonyl (C=O) groups is 1. The molecule has 3 aromatic rings. The predicted molar refractivity (Wildman–Crippen MR) is 99.3 cm³/mol. The van der Waals surface area contributed by atoms with Crippen molar-refractivity contribution < 1.29 is 17.6 Å². The molecule has 0 heterocycles. The number of carbonyl (C=O) groups excluding carboxylic acids is 1. The zero-order valence-electron chi connectivity index (χ0n) is 13.9. The van der Waals surface area contributed by atoms with Crippen LogP contribution in [0.5, 0.6) is 0 Å². The minimum Gasteiger partial charge on any atom is -0.294 e. The summed E-state index contributed by atoms with van der Waals surface area (Å²) in [6, 6.07) is 21.5. The van der Waals surface area contributed by atoms with E-state index in [9.17, 15) is 17.6 Å². The lowest BCUT2D eigenvalue weighted by atomic mass is 10.0. The highest BCUT2D eigenvalue weighted by Crippen LogP contribution is 2.20. The first-order chi connectivity index (χ1) is 12.5. The van der Waals surface area contributed by atoms with Gasteiger partial charge in [0.1, 0.15) is 5.82 Å². The van der Waals surface area contributed by atoms with Crippen LogP contribution in [0.1, 0.15) is 16.8 Å². The third kappa shape index (κ3) is 4.24. The van der Waals surface area contributed by atoms with Gasteiger partial charge in [-0.2, -0.15) is 0 Å². The maximum Gasteiger partial charge on any atom is 0.178 e. The van der Waals surface area contributed by atoms with E-state index < -0.39 is 15.7 Å². The summed E-state index contributed by atoms with van der Waals surface area (Å²) in [5.74, 6) is -1.05. The molecule has 0 atom stereocenters. The standard InChI is InChI=1S/C21H17FO3S/c22-19-10-12-20(13-11-19)26(24,25)15-14-21(23)18-8-6-17(7-9-18)16-4-2-1-3-5-16/h1-13H,14-15H2. The number of sulfone groups is 1. The van der Waals surface area contributed by atoms with Crippen LogP contribution < -0.4 is 0 Å². The molecule has 0 N–H and O–H groups in total. The average Bonchev–Trinajstić information content (AvgIpc) is 2.67. The van der Waals surface area contributed by atoms with E-state index in [4.69, 9.17) is 0 Å². The van der Waals surface area contributed by atoms with Crippen LogP contribution in [0.4, 0.5) is 4.39 Å². The molecule has 5 heteroatoms. The number of hydrogen-bond acceptors (Lipinski definition) is 3. The molecule has 0 bridgehead atoms. The molecular weight excluding hydrogens is 351 g/mol. The number of Topliss-reactive ketones (excluding diaryl/α,β-unsaturated/α-hetero) is 1. The van der Waals surface area contributed by atoms with Crippen LogP contribution in [-0.2, 0) is 9.84 Å². The zero-order chi connectivity index (χ0) is 18.6. The van der Waals surface area contributed by atoms with Crippen molar-refractivity contribution in [3.63, 3.8) is 0 Å². The molecule has 0 amide bonds. The first-order valence-electron chi connectivity index (χ1n) is 8.13. The highest BCUT2D eigenvalue weighted by molar-refractivity contribution is 7.91. The molecule has 0 spiro atoms. The Kier molecular flexibility index (Phi) is 5.28. The summed E-state index contributed by atoms with van der Waals surface area (Å²) < 4.78 is 37.4. The maximum absolute atomic E-state index is 12.9. The van der Waals surface area contributed by atoms with Crippen LogP contribution in [0.15, 0.2) is 83.8 Å². The molecule has 0 aromatic heterocycles. The van der Waals surface area contributed by atoms with Gasteiger partial charge in [0, 0.05) is 12.0 Å². The molecule has 0 radical (unpaired) electrons. The Hall–Kier alpha value is -2.79. The van der Waals surface area contributed by atoms with Crippen molar-refractivity contribution in [2.45, 2.75) is 11.3 Å². The van der Waals surface area contributed by atoms with Gasteiger partial charge in [-0.1, -0.05) is 54.6 Å². The van der Waals surface area contributed by atoms with E-state index in [1.54, 1.807) is 12.1 Å². The van der Waals surface area contributed by atoms with Crippen molar-refractivity contribution >= 4 is 15.6 Å². The minimum atomic E-state index is -3.62. The van der Waals surface area contributed by atoms with Crippen molar-refractivity contribution in [3.05, 3.63) is 90.2 Å². The van der Waals surface area contributed by atoms with Crippen molar-refractivity contribution in [2.24, 2.45) is 0 Å². The van der Waals surface area contributed by atoms with E-state index in [1.807, 2.05) is 42.5 Å². The summed E-state index contributed by atoms with van der Waals surface area (Å²) >= 11 is 0. The SMILES string of the molecule is O=C(CCS(=O)(=O)c1ccc(F)cc1)c1ccc(-c2ccccc2)cc1. The summed E-state index contributed by atoms with van der Waals surface area (Å²) in [5, 5.41) is 0. The zero-order valence-corrected chi connectivity index (χ0v) is 14.7. The van der Waals surface area contributed by atoms with Crippen molar-refractivity contribution in [3.8, 4) is 11.1 Å². The van der Waals surface area contributed by atoms with Gasteiger partial charge in [-0.3, -0.25) is 4.79 Å². The number of rotatable bonds is 6. The first-order valence-corrected chi connectivity index (χ1v) is 9.78. The Balaban J connectivity index is 1.67. The fourth-order valence-corrected chi connectivity index (χ4v) is 3.85. The molecular formula is C21H17FO3S. The van der Waals surface area contributed by atoms with E-state index in [2.05, 4.69) is 0 Å². The Bertz CT molecular complexity index is 993. The summed E-state index contributed by atoms with van der Waals surface area (Å²) in [5.41, 5.74) is 2.51. The Morgan fingerprint density at radius 2 is 1.35 bits per heavy atom. The van der Waals surface area contributed by atoms with Gasteiger partial charge < -0.3 is 0 Å². The lowest BCUT2D eigenvalue weighted by Gasteiger charge is -2.06. The lowest BCUT2D eigenvalue weighted by molar-refractivity contribution is 0.0989. The quantitative estimate of drug-likeness (QED) is 0.474. The van der Waals surface area contributed by atoms with Gasteiger partial charge >= 0.3 is 0 Å². The molecule has 0 aliphatic rings. The van der Waals surface area contributed by atoms with Gasteiger partial charge in [-0.25, -0.2) is 12.8 Å². The molecule has 0 aliphatic heterocycles. The summed E-state index contributed by atoms with van der Waals surface area (Å²) in [6.45, 7) is 0. The van der Waals surface area contributed by atoms with E-state index >= 15 is 0 Å². The monoisotopic (exact) mass is 368 g/mol. The van der Waals surface area contributed by atoms with Crippen LogP contribution in [0.3, 0.4) is 0 Å². The number of halogens is 1. The molecule has 3 aromatic carbocycles. The van der Waals surface area contributed by atoms with Gasteiger partial charge in [0.05, 0.1) is 10.6 Å². The summed E-state index contributed by atoms with van der Waals surface area (Å²) in [7, 11) is -3.62. The average molecular weight is 368 g/mol. The molecule has 3 rings (SSSR count). The maximum atomic E-state index is 12.9. The number of hydrogen-bond donors (Lipinski definition) is 0. The fourth-order valence-electron chi connectivity index (χ4n) is 2.61. The largest absolute Gasteiger partial charge is 0.294 e. The van der Waals surface area contributed by atoms with Gasteiger partial charge in [-0.15, -0.1) is 0 Å². The third-order valence-corrected chi connectivity index (χ3v) is 5.82. The lowest BCUT2D eigenvalue weighted by Crippen LogP contribution is -2.11.